The minimum absolute atomic E-state index is 0.150. The van der Waals surface area contributed by atoms with Crippen molar-refractivity contribution in [1.82, 2.24) is 20.0 Å². The molecule has 2 saturated heterocycles. The van der Waals surface area contributed by atoms with Gasteiger partial charge in [-0.1, -0.05) is 30.3 Å². The predicted octanol–water partition coefficient (Wildman–Crippen LogP) is 1.19. The Morgan fingerprint density at radius 1 is 1.21 bits per heavy atom. The van der Waals surface area contributed by atoms with E-state index in [1.807, 2.05) is 18.0 Å². The van der Waals surface area contributed by atoms with Crippen LogP contribution in [0.25, 0.3) is 0 Å². The van der Waals surface area contributed by atoms with Gasteiger partial charge in [0.15, 0.2) is 5.96 Å². The minimum atomic E-state index is -0.226. The molecule has 2 heterocycles. The standard InChI is InChI=1S/C21H33N5O2/c1-22-21(23-16-18(24(2)3)17-8-5-4-6-9-17)26-13-11-25(12-14-26)20(27)19-10-7-15-28-19/h4-6,8-9,18-19H,7,10-16H2,1-3H3,(H,22,23). The number of guanidine groups is 1. The molecule has 2 atom stereocenters. The topological polar surface area (TPSA) is 60.4 Å². The number of nitrogens with one attached hydrogen (secondary N) is 1. The molecule has 1 aromatic rings. The zero-order chi connectivity index (χ0) is 19.9. The Labute approximate surface area is 168 Å². The predicted molar refractivity (Wildman–Crippen MR) is 111 cm³/mol. The van der Waals surface area contributed by atoms with E-state index in [0.29, 0.717) is 6.61 Å². The zero-order valence-corrected chi connectivity index (χ0v) is 17.3. The molecular weight excluding hydrogens is 354 g/mol. The van der Waals surface area contributed by atoms with E-state index in [-0.39, 0.29) is 18.1 Å². The highest BCUT2D eigenvalue weighted by Crippen LogP contribution is 2.18. The first-order valence-corrected chi connectivity index (χ1v) is 10.2. The van der Waals surface area contributed by atoms with Gasteiger partial charge >= 0.3 is 0 Å². The van der Waals surface area contributed by atoms with E-state index < -0.39 is 0 Å². The molecule has 7 heteroatoms. The van der Waals surface area contributed by atoms with Crippen molar-refractivity contribution < 1.29 is 9.53 Å². The molecule has 3 rings (SSSR count). The Morgan fingerprint density at radius 3 is 2.46 bits per heavy atom. The van der Waals surface area contributed by atoms with Gasteiger partial charge in [0.1, 0.15) is 6.10 Å². The van der Waals surface area contributed by atoms with Crippen molar-refractivity contribution >= 4 is 11.9 Å². The van der Waals surface area contributed by atoms with Gasteiger partial charge in [0.05, 0.1) is 6.04 Å². The van der Waals surface area contributed by atoms with Gasteiger partial charge in [-0.2, -0.15) is 0 Å². The summed E-state index contributed by atoms with van der Waals surface area (Å²) in [5.41, 5.74) is 1.28. The number of hydrogen-bond donors (Lipinski definition) is 1. The van der Waals surface area contributed by atoms with Crippen LogP contribution < -0.4 is 5.32 Å². The minimum Gasteiger partial charge on any atom is -0.368 e. The van der Waals surface area contributed by atoms with Crippen LogP contribution in [0.5, 0.6) is 0 Å². The number of amides is 1. The lowest BCUT2D eigenvalue weighted by Gasteiger charge is -2.38. The number of hydrogen-bond acceptors (Lipinski definition) is 4. The van der Waals surface area contributed by atoms with Crippen LogP contribution in [-0.4, -0.2) is 93.1 Å². The normalized spacial score (nSPS) is 21.9. The molecule has 2 fully saturated rings. The number of carbonyl (C=O) groups is 1. The van der Waals surface area contributed by atoms with Crippen LogP contribution in [-0.2, 0) is 9.53 Å². The molecule has 2 aliphatic heterocycles. The third kappa shape index (κ3) is 5.02. The smallest absolute Gasteiger partial charge is 0.251 e. The van der Waals surface area contributed by atoms with Crippen LogP contribution in [0.15, 0.2) is 35.3 Å². The molecule has 0 aromatic heterocycles. The van der Waals surface area contributed by atoms with Crippen molar-refractivity contribution in [2.45, 2.75) is 25.0 Å². The Morgan fingerprint density at radius 2 is 1.89 bits per heavy atom. The first kappa shape index (κ1) is 20.6. The third-order valence-electron chi connectivity index (χ3n) is 5.57. The number of nitrogens with zero attached hydrogens (tertiary/aromatic N) is 4. The van der Waals surface area contributed by atoms with Gasteiger partial charge < -0.3 is 24.8 Å². The van der Waals surface area contributed by atoms with Crippen molar-refractivity contribution in [3.63, 3.8) is 0 Å². The van der Waals surface area contributed by atoms with E-state index in [4.69, 9.17) is 4.74 Å². The summed E-state index contributed by atoms with van der Waals surface area (Å²) in [7, 11) is 6.01. The lowest BCUT2D eigenvalue weighted by Crippen LogP contribution is -2.55. The van der Waals surface area contributed by atoms with Crippen LogP contribution in [0, 0.1) is 0 Å². The number of benzene rings is 1. The second-order valence-electron chi connectivity index (χ2n) is 7.63. The molecule has 154 valence electrons. The summed E-state index contributed by atoms with van der Waals surface area (Å²) in [6.07, 6.45) is 1.62. The molecule has 28 heavy (non-hydrogen) atoms. The molecule has 1 N–H and O–H groups in total. The van der Waals surface area contributed by atoms with Crippen molar-refractivity contribution in [3.05, 3.63) is 35.9 Å². The molecule has 0 bridgehead atoms. The van der Waals surface area contributed by atoms with Crippen molar-refractivity contribution in [3.8, 4) is 0 Å². The monoisotopic (exact) mass is 387 g/mol. The summed E-state index contributed by atoms with van der Waals surface area (Å²) in [6, 6.07) is 10.8. The summed E-state index contributed by atoms with van der Waals surface area (Å²) in [4.78, 5) is 23.4. The van der Waals surface area contributed by atoms with Crippen molar-refractivity contribution in [2.75, 3.05) is 60.5 Å². The van der Waals surface area contributed by atoms with Crippen LogP contribution in [0.3, 0.4) is 0 Å². The number of rotatable bonds is 5. The Kier molecular flexibility index (Phi) is 7.28. The molecule has 0 spiro atoms. The number of piperazine rings is 1. The van der Waals surface area contributed by atoms with Crippen LogP contribution in [0.2, 0.25) is 0 Å². The average molecular weight is 388 g/mol. The van der Waals surface area contributed by atoms with E-state index in [0.717, 1.165) is 51.5 Å². The van der Waals surface area contributed by atoms with Crippen LogP contribution >= 0.6 is 0 Å². The second-order valence-corrected chi connectivity index (χ2v) is 7.63. The fourth-order valence-corrected chi connectivity index (χ4v) is 3.91. The molecule has 7 nitrogen and oxygen atoms in total. The third-order valence-corrected chi connectivity index (χ3v) is 5.57. The second kappa shape index (κ2) is 9.89. The maximum Gasteiger partial charge on any atom is 0.251 e. The number of aliphatic imine (C=N–C) groups is 1. The lowest BCUT2D eigenvalue weighted by molar-refractivity contribution is -0.142. The number of ether oxygens (including phenoxy) is 1. The van der Waals surface area contributed by atoms with Crippen molar-refractivity contribution in [2.24, 2.45) is 4.99 Å². The van der Waals surface area contributed by atoms with E-state index in [2.05, 4.69) is 58.5 Å². The fourth-order valence-electron chi connectivity index (χ4n) is 3.91. The molecule has 0 aliphatic carbocycles. The summed E-state index contributed by atoms with van der Waals surface area (Å²) in [5.74, 6) is 1.05. The molecule has 1 aromatic carbocycles. The highest BCUT2D eigenvalue weighted by Gasteiger charge is 2.31. The Balaban J connectivity index is 1.52. The molecule has 1 amide bonds. The first-order chi connectivity index (χ1) is 13.6. The highest BCUT2D eigenvalue weighted by molar-refractivity contribution is 5.82. The van der Waals surface area contributed by atoms with E-state index in [1.54, 1.807) is 0 Å². The SMILES string of the molecule is CN=C(NCC(c1ccccc1)N(C)C)N1CCN(C(=O)C2CCCO2)CC1. The lowest BCUT2D eigenvalue weighted by atomic mass is 10.1. The summed E-state index contributed by atoms with van der Waals surface area (Å²) in [6.45, 7) is 4.50. The summed E-state index contributed by atoms with van der Waals surface area (Å²) in [5, 5.41) is 3.52. The maximum absolute atomic E-state index is 12.5. The van der Waals surface area contributed by atoms with E-state index in [1.165, 1.54) is 5.56 Å². The number of carbonyl (C=O) groups excluding carboxylic acids is 1. The summed E-state index contributed by atoms with van der Waals surface area (Å²) >= 11 is 0. The van der Waals surface area contributed by atoms with Gasteiger partial charge in [-0.05, 0) is 32.5 Å². The van der Waals surface area contributed by atoms with Gasteiger partial charge in [-0.15, -0.1) is 0 Å². The number of likely N-dealkylation sites (N-methyl/N-ethyl adjacent to an activating group) is 1. The van der Waals surface area contributed by atoms with E-state index >= 15 is 0 Å². The maximum atomic E-state index is 12.5. The highest BCUT2D eigenvalue weighted by atomic mass is 16.5. The molecule has 0 radical (unpaired) electrons. The Hall–Kier alpha value is -2.12. The van der Waals surface area contributed by atoms with E-state index in [9.17, 15) is 4.79 Å². The van der Waals surface area contributed by atoms with Gasteiger partial charge in [0.2, 0.25) is 0 Å². The zero-order valence-electron chi connectivity index (χ0n) is 17.3. The van der Waals surface area contributed by atoms with Crippen molar-refractivity contribution in [1.29, 1.82) is 0 Å². The summed E-state index contributed by atoms with van der Waals surface area (Å²) < 4.78 is 5.55. The molecule has 2 unspecified atom stereocenters. The van der Waals surface area contributed by atoms with Gasteiger partial charge in [-0.25, -0.2) is 0 Å². The van der Waals surface area contributed by atoms with Crippen LogP contribution in [0.4, 0.5) is 0 Å². The molecule has 0 saturated carbocycles. The van der Waals surface area contributed by atoms with Gasteiger partial charge in [-0.3, -0.25) is 9.79 Å². The first-order valence-electron chi connectivity index (χ1n) is 10.2. The Bertz CT molecular complexity index is 650. The average Bonchev–Trinajstić information content (AvgIpc) is 3.26. The quantitative estimate of drug-likeness (QED) is 0.608. The molecular formula is C21H33N5O2. The fraction of sp³-hybridized carbons (Fsp3) is 0.619. The largest absolute Gasteiger partial charge is 0.368 e. The molecule has 2 aliphatic rings. The van der Waals surface area contributed by atoms with Gasteiger partial charge in [0.25, 0.3) is 5.91 Å². The van der Waals surface area contributed by atoms with Crippen LogP contribution in [0.1, 0.15) is 24.4 Å². The van der Waals surface area contributed by atoms with Gasteiger partial charge in [0, 0.05) is 46.4 Å².